The second kappa shape index (κ2) is 7.30. The van der Waals surface area contributed by atoms with Gasteiger partial charge in [0.15, 0.2) is 0 Å². The minimum Gasteiger partial charge on any atom is -0.496 e. The molecule has 4 bridgehead atoms. The average molecular weight is 433 g/mol. The molecule has 27 heavy (non-hydrogen) atoms. The second-order valence-electron chi connectivity index (χ2n) is 8.36. The molecule has 0 unspecified atom stereocenters. The molecule has 4 aliphatic rings. The van der Waals surface area contributed by atoms with E-state index in [2.05, 4.69) is 26.8 Å². The van der Waals surface area contributed by atoms with Gasteiger partial charge in [0.25, 0.3) is 5.91 Å². The van der Waals surface area contributed by atoms with Crippen LogP contribution in [0.2, 0.25) is 0 Å². The van der Waals surface area contributed by atoms with Gasteiger partial charge in [-0.3, -0.25) is 20.4 Å². The van der Waals surface area contributed by atoms with Crippen molar-refractivity contribution in [1.82, 2.24) is 10.9 Å². The number of methoxy groups -OCH3 is 1. The highest BCUT2D eigenvalue weighted by Gasteiger charge is 2.54. The molecule has 0 aliphatic heterocycles. The molecule has 0 aromatic heterocycles. The Labute approximate surface area is 168 Å². The summed E-state index contributed by atoms with van der Waals surface area (Å²) >= 11 is 3.41. The molecule has 1 aromatic carbocycles. The van der Waals surface area contributed by atoms with Crippen molar-refractivity contribution in [3.05, 3.63) is 34.3 Å². The fourth-order valence-electron chi connectivity index (χ4n) is 5.68. The Hall–Kier alpha value is -1.82. The molecule has 4 aliphatic carbocycles. The van der Waals surface area contributed by atoms with Crippen LogP contribution in [0, 0.1) is 23.2 Å². The van der Waals surface area contributed by atoms with E-state index in [4.69, 9.17) is 4.74 Å². The average Bonchev–Trinajstić information content (AvgIpc) is 2.63. The molecule has 5 rings (SSSR count). The Morgan fingerprint density at radius 2 is 1.74 bits per heavy atom. The molecule has 2 N–H and O–H groups in total. The number of benzene rings is 1. The Morgan fingerprint density at radius 1 is 1.11 bits per heavy atom. The standard InChI is InChI=1S/C21H25BrN2O3/c1-27-18-4-3-17(22)9-16(18)2-5-19(25)23-24-20(26)21-10-13-6-14(11-21)8-15(7-13)12-21/h2-5,9,13-15H,6-8,10-12H2,1H3,(H,23,25)(H,24,26)/b5-2+. The summed E-state index contributed by atoms with van der Waals surface area (Å²) in [6, 6.07) is 5.58. The van der Waals surface area contributed by atoms with E-state index in [1.54, 1.807) is 13.2 Å². The number of rotatable bonds is 4. The SMILES string of the molecule is COc1ccc(Br)cc1/C=C/C(=O)NNC(=O)C12CC3CC(CC(C3)C1)C2. The van der Waals surface area contributed by atoms with Gasteiger partial charge in [0.1, 0.15) is 5.75 Å². The van der Waals surface area contributed by atoms with Crippen LogP contribution in [0.4, 0.5) is 0 Å². The van der Waals surface area contributed by atoms with E-state index in [1.807, 2.05) is 18.2 Å². The zero-order valence-corrected chi connectivity index (χ0v) is 17.1. The lowest BCUT2D eigenvalue weighted by Gasteiger charge is -2.55. The van der Waals surface area contributed by atoms with E-state index in [9.17, 15) is 9.59 Å². The number of amides is 2. The summed E-state index contributed by atoms with van der Waals surface area (Å²) in [4.78, 5) is 25.0. The van der Waals surface area contributed by atoms with Crippen molar-refractivity contribution in [2.75, 3.05) is 7.11 Å². The van der Waals surface area contributed by atoms with E-state index < -0.39 is 0 Å². The zero-order valence-electron chi connectivity index (χ0n) is 15.5. The first-order valence-corrected chi connectivity index (χ1v) is 10.4. The summed E-state index contributed by atoms with van der Waals surface area (Å²) in [5.74, 6) is 2.41. The molecular weight excluding hydrogens is 408 g/mol. The van der Waals surface area contributed by atoms with Crippen LogP contribution in [-0.2, 0) is 9.59 Å². The van der Waals surface area contributed by atoms with E-state index >= 15 is 0 Å². The van der Waals surface area contributed by atoms with Gasteiger partial charge in [-0.2, -0.15) is 0 Å². The van der Waals surface area contributed by atoms with E-state index in [-0.39, 0.29) is 17.2 Å². The van der Waals surface area contributed by atoms with Crippen molar-refractivity contribution >= 4 is 33.8 Å². The number of nitrogens with one attached hydrogen (secondary N) is 2. The minimum atomic E-state index is -0.352. The van der Waals surface area contributed by atoms with Crippen molar-refractivity contribution in [3.63, 3.8) is 0 Å². The number of hydrogen-bond donors (Lipinski definition) is 2. The normalized spacial score (nSPS) is 31.1. The van der Waals surface area contributed by atoms with Gasteiger partial charge in [0, 0.05) is 16.1 Å². The zero-order chi connectivity index (χ0) is 19.0. The smallest absolute Gasteiger partial charge is 0.262 e. The van der Waals surface area contributed by atoms with Crippen molar-refractivity contribution in [3.8, 4) is 5.75 Å². The highest BCUT2D eigenvalue weighted by Crippen LogP contribution is 2.60. The van der Waals surface area contributed by atoms with Crippen molar-refractivity contribution in [2.24, 2.45) is 23.2 Å². The lowest BCUT2D eigenvalue weighted by Crippen LogP contribution is -2.56. The third-order valence-corrected chi connectivity index (χ3v) is 6.92. The number of hydrogen-bond acceptors (Lipinski definition) is 3. The third kappa shape index (κ3) is 3.77. The molecule has 4 fully saturated rings. The van der Waals surface area contributed by atoms with Crippen LogP contribution in [0.1, 0.15) is 44.1 Å². The van der Waals surface area contributed by atoms with Gasteiger partial charge in [-0.25, -0.2) is 0 Å². The fourth-order valence-corrected chi connectivity index (χ4v) is 6.06. The number of halogens is 1. The molecule has 1 aromatic rings. The number of carbonyl (C=O) groups excluding carboxylic acids is 2. The molecule has 5 nitrogen and oxygen atoms in total. The molecule has 4 saturated carbocycles. The molecular formula is C21H25BrN2O3. The van der Waals surface area contributed by atoms with E-state index in [0.29, 0.717) is 23.5 Å². The van der Waals surface area contributed by atoms with Crippen LogP contribution in [0.5, 0.6) is 5.75 Å². The van der Waals surface area contributed by atoms with Crippen LogP contribution < -0.4 is 15.6 Å². The third-order valence-electron chi connectivity index (χ3n) is 6.43. The Bertz CT molecular complexity index is 754. The summed E-state index contributed by atoms with van der Waals surface area (Å²) < 4.78 is 6.20. The summed E-state index contributed by atoms with van der Waals surface area (Å²) in [6.45, 7) is 0. The number of ether oxygens (including phenoxy) is 1. The monoisotopic (exact) mass is 432 g/mol. The fraction of sp³-hybridized carbons (Fsp3) is 0.524. The first kappa shape index (κ1) is 18.5. The molecule has 2 amide bonds. The van der Waals surface area contributed by atoms with Gasteiger partial charge in [-0.1, -0.05) is 15.9 Å². The maximum atomic E-state index is 12.8. The Kier molecular flexibility index (Phi) is 5.01. The largest absolute Gasteiger partial charge is 0.496 e. The van der Waals surface area contributed by atoms with Crippen molar-refractivity contribution in [2.45, 2.75) is 38.5 Å². The minimum absolute atomic E-state index is 0.0108. The van der Waals surface area contributed by atoms with Gasteiger partial charge < -0.3 is 4.74 Å². The van der Waals surface area contributed by atoms with Crippen LogP contribution in [0.3, 0.4) is 0 Å². The molecule has 6 heteroatoms. The number of carbonyl (C=O) groups is 2. The quantitative estimate of drug-likeness (QED) is 0.560. The van der Waals surface area contributed by atoms with Crippen LogP contribution in [0.15, 0.2) is 28.7 Å². The molecule has 0 radical (unpaired) electrons. The predicted molar refractivity (Wildman–Crippen MR) is 107 cm³/mol. The van der Waals surface area contributed by atoms with Gasteiger partial charge in [0.05, 0.1) is 12.5 Å². The van der Waals surface area contributed by atoms with Crippen LogP contribution >= 0.6 is 15.9 Å². The van der Waals surface area contributed by atoms with E-state index in [1.165, 1.54) is 25.3 Å². The lowest BCUT2D eigenvalue weighted by atomic mass is 9.49. The van der Waals surface area contributed by atoms with E-state index in [0.717, 1.165) is 29.3 Å². The molecule has 0 heterocycles. The lowest BCUT2D eigenvalue weighted by molar-refractivity contribution is -0.148. The topological polar surface area (TPSA) is 67.4 Å². The number of hydrazine groups is 1. The van der Waals surface area contributed by atoms with Crippen LogP contribution in [-0.4, -0.2) is 18.9 Å². The Balaban J connectivity index is 1.36. The molecule has 144 valence electrons. The Morgan fingerprint density at radius 3 is 2.33 bits per heavy atom. The second-order valence-corrected chi connectivity index (χ2v) is 9.28. The van der Waals surface area contributed by atoms with Gasteiger partial charge in [-0.05, 0) is 80.6 Å². The summed E-state index contributed by atoms with van der Waals surface area (Å²) in [6.07, 6.45) is 9.88. The summed E-state index contributed by atoms with van der Waals surface area (Å²) in [7, 11) is 1.59. The summed E-state index contributed by atoms with van der Waals surface area (Å²) in [5, 5.41) is 0. The van der Waals surface area contributed by atoms with Crippen LogP contribution in [0.25, 0.3) is 6.08 Å². The first-order chi connectivity index (χ1) is 13.0. The maximum absolute atomic E-state index is 12.8. The van der Waals surface area contributed by atoms with Gasteiger partial charge >= 0.3 is 0 Å². The van der Waals surface area contributed by atoms with Gasteiger partial charge in [0.2, 0.25) is 5.91 Å². The maximum Gasteiger partial charge on any atom is 0.262 e. The molecule has 0 spiro atoms. The van der Waals surface area contributed by atoms with Gasteiger partial charge in [-0.15, -0.1) is 0 Å². The predicted octanol–water partition coefficient (Wildman–Crippen LogP) is 3.83. The molecule has 0 atom stereocenters. The first-order valence-electron chi connectivity index (χ1n) is 9.59. The van der Waals surface area contributed by atoms with Crippen molar-refractivity contribution in [1.29, 1.82) is 0 Å². The highest BCUT2D eigenvalue weighted by molar-refractivity contribution is 9.10. The molecule has 0 saturated heterocycles. The van der Waals surface area contributed by atoms with Crippen molar-refractivity contribution < 1.29 is 14.3 Å². The highest BCUT2D eigenvalue weighted by atomic mass is 79.9. The summed E-state index contributed by atoms with van der Waals surface area (Å²) in [5.41, 5.74) is 5.76.